The maximum Gasteiger partial charge on any atom is 0.276 e. The van der Waals surface area contributed by atoms with Crippen molar-refractivity contribution in [2.24, 2.45) is 0 Å². The van der Waals surface area contributed by atoms with Gasteiger partial charge in [-0.25, -0.2) is 13.2 Å². The lowest BCUT2D eigenvalue weighted by Gasteiger charge is -2.42. The minimum Gasteiger partial charge on any atom is -0.502 e. The SMILES string of the molecule is O=C1c2c(O)c(=O)cnn2[C@@H]([C@H](c2ccccc2)c2c(F)ccc(F)c2F)[C@H]2CCCN12. The fraction of sp³-hybridized carbons (Fsp3) is 0.261. The monoisotopic (exact) mass is 441 g/mol. The van der Waals surface area contributed by atoms with Crippen molar-refractivity contribution in [1.82, 2.24) is 14.7 Å². The van der Waals surface area contributed by atoms with Gasteiger partial charge in [0, 0.05) is 18.0 Å². The Morgan fingerprint density at radius 1 is 1.03 bits per heavy atom. The second-order valence-electron chi connectivity index (χ2n) is 7.99. The third kappa shape index (κ3) is 2.91. The molecule has 1 aromatic heterocycles. The Hall–Kier alpha value is -3.62. The van der Waals surface area contributed by atoms with Gasteiger partial charge in [-0.2, -0.15) is 5.10 Å². The number of hydrogen-bond acceptors (Lipinski definition) is 4. The van der Waals surface area contributed by atoms with Crippen molar-refractivity contribution in [2.75, 3.05) is 6.54 Å². The summed E-state index contributed by atoms with van der Waals surface area (Å²) in [7, 11) is 0. The zero-order chi connectivity index (χ0) is 22.6. The first kappa shape index (κ1) is 20.3. The minimum atomic E-state index is -1.33. The van der Waals surface area contributed by atoms with Crippen LogP contribution in [-0.4, -0.2) is 38.3 Å². The van der Waals surface area contributed by atoms with Gasteiger partial charge in [0.1, 0.15) is 5.82 Å². The number of amides is 1. The minimum absolute atomic E-state index is 0.334. The molecule has 3 heterocycles. The Morgan fingerprint density at radius 2 is 1.75 bits per heavy atom. The third-order valence-electron chi connectivity index (χ3n) is 6.32. The second-order valence-corrected chi connectivity index (χ2v) is 7.99. The molecule has 1 fully saturated rings. The molecule has 3 atom stereocenters. The summed E-state index contributed by atoms with van der Waals surface area (Å²) >= 11 is 0. The van der Waals surface area contributed by atoms with Gasteiger partial charge in [0.2, 0.25) is 5.43 Å². The largest absolute Gasteiger partial charge is 0.502 e. The van der Waals surface area contributed by atoms with Crippen molar-refractivity contribution >= 4 is 5.91 Å². The Labute approximate surface area is 180 Å². The van der Waals surface area contributed by atoms with Gasteiger partial charge in [0.15, 0.2) is 23.1 Å². The van der Waals surface area contributed by atoms with Crippen molar-refractivity contribution in [1.29, 1.82) is 0 Å². The maximum absolute atomic E-state index is 15.1. The number of nitrogens with zero attached hydrogens (tertiary/aromatic N) is 3. The number of halogens is 3. The molecule has 32 heavy (non-hydrogen) atoms. The zero-order valence-corrected chi connectivity index (χ0v) is 16.7. The van der Waals surface area contributed by atoms with Crippen molar-refractivity contribution in [3.8, 4) is 5.75 Å². The van der Waals surface area contributed by atoms with Crippen LogP contribution >= 0.6 is 0 Å². The van der Waals surface area contributed by atoms with Crippen molar-refractivity contribution in [3.05, 3.63) is 93.2 Å². The first-order valence-electron chi connectivity index (χ1n) is 10.2. The van der Waals surface area contributed by atoms with E-state index in [-0.39, 0.29) is 5.69 Å². The van der Waals surface area contributed by atoms with Crippen LogP contribution in [0.2, 0.25) is 0 Å². The van der Waals surface area contributed by atoms with Gasteiger partial charge in [-0.15, -0.1) is 0 Å². The van der Waals surface area contributed by atoms with E-state index in [0.29, 0.717) is 24.9 Å². The molecular formula is C23H18F3N3O3. The molecule has 6 nitrogen and oxygen atoms in total. The van der Waals surface area contributed by atoms with E-state index in [1.807, 2.05) is 0 Å². The van der Waals surface area contributed by atoms with E-state index < -0.39 is 58.1 Å². The molecule has 0 aliphatic carbocycles. The lowest BCUT2D eigenvalue weighted by molar-refractivity contribution is 0.0563. The van der Waals surface area contributed by atoms with Crippen LogP contribution in [0.3, 0.4) is 0 Å². The predicted molar refractivity (Wildman–Crippen MR) is 108 cm³/mol. The molecule has 9 heteroatoms. The normalized spacial score (nSPS) is 20.7. The number of benzene rings is 2. The van der Waals surface area contributed by atoms with Crippen LogP contribution in [0, 0.1) is 17.5 Å². The number of hydrogen-bond donors (Lipinski definition) is 1. The molecule has 0 saturated carbocycles. The number of aromatic hydroxyl groups is 1. The summed E-state index contributed by atoms with van der Waals surface area (Å²) in [5.74, 6) is -5.89. The molecule has 164 valence electrons. The topological polar surface area (TPSA) is 75.4 Å². The molecule has 1 saturated heterocycles. The average Bonchev–Trinajstić information content (AvgIpc) is 3.28. The van der Waals surface area contributed by atoms with Crippen molar-refractivity contribution < 1.29 is 23.1 Å². The van der Waals surface area contributed by atoms with Gasteiger partial charge < -0.3 is 10.0 Å². The summed E-state index contributed by atoms with van der Waals surface area (Å²) in [6.07, 6.45) is 2.01. The van der Waals surface area contributed by atoms with Crippen LogP contribution in [0.5, 0.6) is 5.75 Å². The van der Waals surface area contributed by atoms with E-state index >= 15 is 8.78 Å². The van der Waals surface area contributed by atoms with E-state index in [4.69, 9.17) is 0 Å². The number of fused-ring (bicyclic) bond motifs is 2. The highest BCUT2D eigenvalue weighted by Crippen LogP contribution is 2.47. The third-order valence-corrected chi connectivity index (χ3v) is 6.32. The summed E-state index contributed by atoms with van der Waals surface area (Å²) < 4.78 is 45.5. The van der Waals surface area contributed by atoms with E-state index in [0.717, 1.165) is 18.3 Å². The maximum atomic E-state index is 15.1. The van der Waals surface area contributed by atoms with Crippen molar-refractivity contribution in [2.45, 2.75) is 30.8 Å². The molecule has 2 aromatic carbocycles. The summed E-state index contributed by atoms with van der Waals surface area (Å²) in [6, 6.07) is 8.61. The summed E-state index contributed by atoms with van der Waals surface area (Å²) in [5.41, 5.74) is -1.18. The molecule has 0 bridgehead atoms. The molecule has 1 N–H and O–H groups in total. The quantitative estimate of drug-likeness (QED) is 0.633. The van der Waals surface area contributed by atoms with Crippen LogP contribution in [-0.2, 0) is 0 Å². The summed E-state index contributed by atoms with van der Waals surface area (Å²) in [4.78, 5) is 26.6. The number of carbonyl (C=O) groups excluding carboxylic acids is 1. The second kappa shape index (κ2) is 7.51. The summed E-state index contributed by atoms with van der Waals surface area (Å²) in [6.45, 7) is 0.359. The van der Waals surface area contributed by atoms with Gasteiger partial charge >= 0.3 is 0 Å². The highest BCUT2D eigenvalue weighted by atomic mass is 19.2. The van der Waals surface area contributed by atoms with Crippen molar-refractivity contribution in [3.63, 3.8) is 0 Å². The van der Waals surface area contributed by atoms with Crippen LogP contribution in [0.4, 0.5) is 13.2 Å². The van der Waals surface area contributed by atoms with Crippen LogP contribution in [0.1, 0.15) is 46.4 Å². The lowest BCUT2D eigenvalue weighted by Crippen LogP contribution is -2.51. The molecule has 0 radical (unpaired) electrons. The molecule has 2 aliphatic rings. The molecule has 1 amide bonds. The number of carbonyl (C=O) groups is 1. The molecule has 0 spiro atoms. The first-order chi connectivity index (χ1) is 15.4. The Balaban J connectivity index is 1.84. The Kier molecular flexibility index (Phi) is 4.76. The molecule has 0 unspecified atom stereocenters. The van der Waals surface area contributed by atoms with E-state index in [2.05, 4.69) is 5.10 Å². The Morgan fingerprint density at radius 3 is 2.50 bits per heavy atom. The first-order valence-corrected chi connectivity index (χ1v) is 10.2. The van der Waals surface area contributed by atoms with E-state index in [9.17, 15) is 19.1 Å². The van der Waals surface area contributed by atoms with Gasteiger partial charge in [-0.3, -0.25) is 14.3 Å². The highest BCUT2D eigenvalue weighted by Gasteiger charge is 2.49. The van der Waals surface area contributed by atoms with Gasteiger partial charge in [0.25, 0.3) is 5.91 Å². The average molecular weight is 441 g/mol. The number of rotatable bonds is 3. The van der Waals surface area contributed by atoms with E-state index in [1.165, 1.54) is 9.58 Å². The predicted octanol–water partition coefficient (Wildman–Crippen LogP) is 3.36. The molecule has 3 aromatic rings. The van der Waals surface area contributed by atoms with Gasteiger partial charge in [-0.05, 0) is 30.5 Å². The summed E-state index contributed by atoms with van der Waals surface area (Å²) in [5, 5.41) is 14.5. The van der Waals surface area contributed by atoms with Gasteiger partial charge in [-0.1, -0.05) is 30.3 Å². The molecule has 2 aliphatic heterocycles. The van der Waals surface area contributed by atoms with Crippen LogP contribution in [0.15, 0.2) is 53.5 Å². The molecule has 5 rings (SSSR count). The Bertz CT molecular complexity index is 1280. The molecular weight excluding hydrogens is 423 g/mol. The smallest absolute Gasteiger partial charge is 0.276 e. The van der Waals surface area contributed by atoms with Crippen LogP contribution < -0.4 is 5.43 Å². The number of aromatic nitrogens is 2. The van der Waals surface area contributed by atoms with Crippen LogP contribution in [0.25, 0.3) is 0 Å². The lowest BCUT2D eigenvalue weighted by atomic mass is 9.79. The zero-order valence-electron chi connectivity index (χ0n) is 16.7. The standard InChI is InChI=1S/C23H18F3N3O3/c24-13-8-9-14(25)19(26)18(13)17(12-5-2-1-3-6-12)20-15-7-4-10-28(15)23(32)21-22(31)16(30)11-27-29(20)21/h1-3,5-6,8-9,11,15,17,20,31H,4,7,10H2/t15-,17-,20-/m1/s1. The van der Waals surface area contributed by atoms with E-state index in [1.54, 1.807) is 30.3 Å². The fourth-order valence-corrected chi connectivity index (χ4v) is 4.97. The highest BCUT2D eigenvalue weighted by molar-refractivity contribution is 5.96. The fourth-order valence-electron chi connectivity index (χ4n) is 4.97. The van der Waals surface area contributed by atoms with Gasteiger partial charge in [0.05, 0.1) is 18.3 Å².